The van der Waals surface area contributed by atoms with E-state index in [2.05, 4.69) is 72.8 Å². The van der Waals surface area contributed by atoms with Gasteiger partial charge in [0.05, 0.1) is 0 Å². The smallest absolute Gasteiger partial charge is 0.00239 e. The van der Waals surface area contributed by atoms with E-state index in [1.165, 1.54) is 49.7 Å². The van der Waals surface area contributed by atoms with Crippen LogP contribution in [-0.4, -0.2) is 0 Å². The minimum atomic E-state index is 0.546. The van der Waals surface area contributed by atoms with Crippen molar-refractivity contribution in [3.05, 3.63) is 77.9 Å². The lowest BCUT2D eigenvalue weighted by atomic mass is 9.80. The topological polar surface area (TPSA) is 0 Å². The monoisotopic (exact) mass is 290 g/mol. The van der Waals surface area contributed by atoms with Crippen LogP contribution in [0, 0.1) is 5.92 Å². The molecule has 0 amide bonds. The first-order chi connectivity index (χ1) is 10.9. The SMILES string of the molecule is C(=C\C(CC1CCCCC1)c1ccccc1)/c1ccccc1. The fourth-order valence-corrected chi connectivity index (χ4v) is 3.60. The summed E-state index contributed by atoms with van der Waals surface area (Å²) in [4.78, 5) is 0. The third kappa shape index (κ3) is 4.34. The summed E-state index contributed by atoms with van der Waals surface area (Å²) in [5, 5.41) is 0. The van der Waals surface area contributed by atoms with Crippen molar-refractivity contribution in [1.29, 1.82) is 0 Å². The Morgan fingerprint density at radius 1 is 0.818 bits per heavy atom. The quantitative estimate of drug-likeness (QED) is 0.593. The molecule has 0 heterocycles. The van der Waals surface area contributed by atoms with Crippen LogP contribution in [0.5, 0.6) is 0 Å². The maximum absolute atomic E-state index is 2.42. The van der Waals surface area contributed by atoms with Gasteiger partial charge in [-0.1, -0.05) is 105 Å². The molecule has 1 atom stereocenters. The van der Waals surface area contributed by atoms with Crippen LogP contribution in [0.3, 0.4) is 0 Å². The lowest BCUT2D eigenvalue weighted by Crippen LogP contribution is -2.10. The fraction of sp³-hybridized carbons (Fsp3) is 0.364. The summed E-state index contributed by atoms with van der Waals surface area (Å²) in [6, 6.07) is 21.7. The molecular formula is C22H26. The van der Waals surface area contributed by atoms with E-state index in [0.29, 0.717) is 5.92 Å². The van der Waals surface area contributed by atoms with E-state index in [0.717, 1.165) is 5.92 Å². The Morgan fingerprint density at radius 2 is 1.45 bits per heavy atom. The number of benzene rings is 2. The average Bonchev–Trinajstić information content (AvgIpc) is 2.61. The zero-order valence-electron chi connectivity index (χ0n) is 13.3. The predicted molar refractivity (Wildman–Crippen MR) is 95.9 cm³/mol. The van der Waals surface area contributed by atoms with Crippen molar-refractivity contribution >= 4 is 6.08 Å². The average molecular weight is 290 g/mol. The van der Waals surface area contributed by atoms with Gasteiger partial charge in [-0.25, -0.2) is 0 Å². The summed E-state index contributed by atoms with van der Waals surface area (Å²) in [6.45, 7) is 0. The molecular weight excluding hydrogens is 264 g/mol. The summed E-state index contributed by atoms with van der Waals surface area (Å²) in [5.41, 5.74) is 2.76. The van der Waals surface area contributed by atoms with Crippen LogP contribution in [-0.2, 0) is 0 Å². The van der Waals surface area contributed by atoms with Gasteiger partial charge < -0.3 is 0 Å². The van der Waals surface area contributed by atoms with Crippen molar-refractivity contribution in [2.75, 3.05) is 0 Å². The van der Waals surface area contributed by atoms with Gasteiger partial charge >= 0.3 is 0 Å². The fourth-order valence-electron chi connectivity index (χ4n) is 3.60. The number of allylic oxidation sites excluding steroid dienone is 1. The Labute approximate surface area is 134 Å². The molecule has 0 heteroatoms. The Bertz CT molecular complexity index is 562. The normalized spacial score (nSPS) is 17.6. The molecule has 1 saturated carbocycles. The Morgan fingerprint density at radius 3 is 2.14 bits per heavy atom. The standard InChI is InChI=1S/C22H26/c1-4-10-19(11-5-1)16-17-22(21-14-8-3-9-15-21)18-20-12-6-2-7-13-20/h1,3-5,8-11,14-17,20,22H,2,6-7,12-13,18H2/b17-16+. The van der Waals surface area contributed by atoms with Crippen LogP contribution < -0.4 is 0 Å². The van der Waals surface area contributed by atoms with Crippen molar-refractivity contribution < 1.29 is 0 Å². The maximum Gasteiger partial charge on any atom is 0.00239 e. The Balaban J connectivity index is 1.75. The van der Waals surface area contributed by atoms with Gasteiger partial charge in [0.2, 0.25) is 0 Å². The summed E-state index contributed by atoms with van der Waals surface area (Å²) >= 11 is 0. The molecule has 22 heavy (non-hydrogen) atoms. The molecule has 1 unspecified atom stereocenters. The molecule has 0 aromatic heterocycles. The highest BCUT2D eigenvalue weighted by atomic mass is 14.2. The zero-order valence-corrected chi connectivity index (χ0v) is 13.3. The maximum atomic E-state index is 2.42. The second-order valence-corrected chi connectivity index (χ2v) is 6.53. The number of rotatable bonds is 5. The van der Waals surface area contributed by atoms with Crippen molar-refractivity contribution in [3.63, 3.8) is 0 Å². The highest BCUT2D eigenvalue weighted by molar-refractivity contribution is 5.50. The predicted octanol–water partition coefficient (Wildman–Crippen LogP) is 6.45. The highest BCUT2D eigenvalue weighted by Crippen LogP contribution is 2.34. The molecule has 1 aliphatic carbocycles. The van der Waals surface area contributed by atoms with Crippen LogP contribution in [0.1, 0.15) is 55.6 Å². The second-order valence-electron chi connectivity index (χ2n) is 6.53. The van der Waals surface area contributed by atoms with E-state index in [4.69, 9.17) is 0 Å². The third-order valence-electron chi connectivity index (χ3n) is 4.86. The van der Waals surface area contributed by atoms with E-state index < -0.39 is 0 Å². The van der Waals surface area contributed by atoms with Crippen molar-refractivity contribution in [2.45, 2.75) is 44.4 Å². The van der Waals surface area contributed by atoms with E-state index >= 15 is 0 Å². The van der Waals surface area contributed by atoms with Crippen LogP contribution in [0.25, 0.3) is 6.08 Å². The first kappa shape index (κ1) is 15.1. The van der Waals surface area contributed by atoms with Gasteiger partial charge in [-0.05, 0) is 23.5 Å². The largest absolute Gasteiger partial charge is 0.0764 e. The zero-order chi connectivity index (χ0) is 15.0. The second kappa shape index (κ2) is 7.98. The molecule has 0 radical (unpaired) electrons. The van der Waals surface area contributed by atoms with Crippen molar-refractivity contribution in [1.82, 2.24) is 0 Å². The van der Waals surface area contributed by atoms with E-state index in [1.54, 1.807) is 0 Å². The molecule has 2 aromatic rings. The number of hydrogen-bond donors (Lipinski definition) is 0. The van der Waals surface area contributed by atoms with Crippen LogP contribution >= 0.6 is 0 Å². The minimum Gasteiger partial charge on any atom is -0.0764 e. The van der Waals surface area contributed by atoms with Gasteiger partial charge in [0.1, 0.15) is 0 Å². The van der Waals surface area contributed by atoms with Gasteiger partial charge in [0, 0.05) is 5.92 Å². The van der Waals surface area contributed by atoms with E-state index in [-0.39, 0.29) is 0 Å². The van der Waals surface area contributed by atoms with Crippen molar-refractivity contribution in [3.8, 4) is 0 Å². The number of hydrogen-bond acceptors (Lipinski definition) is 0. The van der Waals surface area contributed by atoms with Crippen LogP contribution in [0.4, 0.5) is 0 Å². The van der Waals surface area contributed by atoms with Crippen molar-refractivity contribution in [2.24, 2.45) is 5.92 Å². The molecule has 1 aliphatic rings. The third-order valence-corrected chi connectivity index (χ3v) is 4.86. The molecule has 2 aromatic carbocycles. The van der Waals surface area contributed by atoms with Gasteiger partial charge in [-0.2, -0.15) is 0 Å². The molecule has 0 nitrogen and oxygen atoms in total. The molecule has 1 fully saturated rings. The Hall–Kier alpha value is -1.82. The van der Waals surface area contributed by atoms with E-state index in [9.17, 15) is 0 Å². The molecule has 0 spiro atoms. The van der Waals surface area contributed by atoms with Crippen LogP contribution in [0.15, 0.2) is 66.7 Å². The van der Waals surface area contributed by atoms with Gasteiger partial charge in [-0.3, -0.25) is 0 Å². The summed E-state index contributed by atoms with van der Waals surface area (Å²) < 4.78 is 0. The summed E-state index contributed by atoms with van der Waals surface area (Å²) in [6.07, 6.45) is 13.1. The van der Waals surface area contributed by atoms with Gasteiger partial charge in [0.15, 0.2) is 0 Å². The lowest BCUT2D eigenvalue weighted by Gasteiger charge is -2.25. The van der Waals surface area contributed by atoms with Gasteiger partial charge in [0.25, 0.3) is 0 Å². The molecule has 114 valence electrons. The minimum absolute atomic E-state index is 0.546. The van der Waals surface area contributed by atoms with Gasteiger partial charge in [-0.15, -0.1) is 0 Å². The van der Waals surface area contributed by atoms with E-state index in [1.807, 2.05) is 0 Å². The lowest BCUT2D eigenvalue weighted by molar-refractivity contribution is 0.330. The first-order valence-corrected chi connectivity index (χ1v) is 8.70. The molecule has 0 N–H and O–H groups in total. The summed E-state index contributed by atoms with van der Waals surface area (Å²) in [5.74, 6) is 1.45. The summed E-state index contributed by atoms with van der Waals surface area (Å²) in [7, 11) is 0. The highest BCUT2D eigenvalue weighted by Gasteiger charge is 2.18. The first-order valence-electron chi connectivity index (χ1n) is 8.70. The molecule has 3 rings (SSSR count). The molecule has 0 bridgehead atoms. The molecule has 0 aliphatic heterocycles. The van der Waals surface area contributed by atoms with Crippen LogP contribution in [0.2, 0.25) is 0 Å². The Kier molecular flexibility index (Phi) is 5.48. The molecule has 0 saturated heterocycles.